The van der Waals surface area contributed by atoms with Gasteiger partial charge in [0.05, 0.1) is 17.3 Å². The van der Waals surface area contributed by atoms with Crippen LogP contribution in [0.3, 0.4) is 0 Å². The van der Waals surface area contributed by atoms with E-state index in [0.29, 0.717) is 10.7 Å². The number of carbonyl (C=O) groups excluding carboxylic acids is 1. The first-order valence-electron chi connectivity index (χ1n) is 6.53. The number of hydrazone groups is 1. The Hall–Kier alpha value is -1.79. The van der Waals surface area contributed by atoms with Crippen molar-refractivity contribution < 1.29 is 19.4 Å². The fourth-order valence-electron chi connectivity index (χ4n) is 2.13. The topological polar surface area (TPSA) is 79.2 Å². The van der Waals surface area contributed by atoms with Crippen LogP contribution in [-0.2, 0) is 14.3 Å². The number of hydrogen-bond donors (Lipinski definition) is 1. The summed E-state index contributed by atoms with van der Waals surface area (Å²) in [5, 5.41) is 15.5. The number of esters is 1. The molecule has 118 valence electrons. The largest absolute Gasteiger partial charge is 0.479 e. The summed E-state index contributed by atoms with van der Waals surface area (Å²) in [6, 6.07) is 4.62. The molecule has 0 amide bonds. The minimum atomic E-state index is -1.43. The van der Waals surface area contributed by atoms with Gasteiger partial charge in [0.25, 0.3) is 0 Å². The highest BCUT2D eigenvalue weighted by Gasteiger charge is 2.48. The molecule has 1 unspecified atom stereocenters. The van der Waals surface area contributed by atoms with Crippen molar-refractivity contribution in [2.75, 3.05) is 11.6 Å². The lowest BCUT2D eigenvalue weighted by molar-refractivity contribution is -0.142. The van der Waals surface area contributed by atoms with Crippen molar-refractivity contribution in [2.24, 2.45) is 5.10 Å². The van der Waals surface area contributed by atoms with Crippen molar-refractivity contribution in [1.29, 1.82) is 0 Å². The van der Waals surface area contributed by atoms with Crippen LogP contribution in [0.15, 0.2) is 23.3 Å². The van der Waals surface area contributed by atoms with Crippen LogP contribution in [0, 0.1) is 0 Å². The van der Waals surface area contributed by atoms with E-state index in [1.165, 1.54) is 18.0 Å². The van der Waals surface area contributed by atoms with E-state index in [-0.39, 0.29) is 23.8 Å². The quantitative estimate of drug-likeness (QED) is 0.849. The Balaban J connectivity index is 2.48. The fourth-order valence-corrected chi connectivity index (χ4v) is 2.62. The molecule has 0 spiro atoms. The number of rotatable bonds is 4. The number of aliphatic carboxylic acids is 1. The minimum Gasteiger partial charge on any atom is -0.479 e. The molecule has 1 N–H and O–H groups in total. The first-order chi connectivity index (χ1) is 10.3. The van der Waals surface area contributed by atoms with E-state index in [2.05, 4.69) is 5.10 Å². The smallest absolute Gasteiger partial charge is 0.354 e. The lowest BCUT2D eigenvalue weighted by Crippen LogP contribution is -2.47. The summed E-state index contributed by atoms with van der Waals surface area (Å²) in [4.78, 5) is 23.5. The van der Waals surface area contributed by atoms with Crippen molar-refractivity contribution in [3.05, 3.63) is 28.2 Å². The van der Waals surface area contributed by atoms with Crippen LogP contribution in [0.1, 0.15) is 20.3 Å². The SMILES string of the molecule is CCOC(=O)C1=NN(c2ccc(Cl)cc2Cl)C(C)(C(=O)O)C1. The van der Waals surface area contributed by atoms with E-state index >= 15 is 0 Å². The Bertz CT molecular complexity index is 662. The Kier molecular flexibility index (Phi) is 4.63. The molecule has 0 fully saturated rings. The molecular weight excluding hydrogens is 331 g/mol. The van der Waals surface area contributed by atoms with Gasteiger partial charge in [-0.05, 0) is 32.0 Å². The number of ether oxygens (including phenoxy) is 1. The second-order valence-corrected chi connectivity index (χ2v) is 5.77. The summed E-state index contributed by atoms with van der Waals surface area (Å²) >= 11 is 12.0. The lowest BCUT2D eigenvalue weighted by Gasteiger charge is -2.30. The van der Waals surface area contributed by atoms with Crippen LogP contribution in [0.25, 0.3) is 0 Å². The Morgan fingerprint density at radius 3 is 2.68 bits per heavy atom. The number of hydrogen-bond acceptors (Lipinski definition) is 5. The maximum Gasteiger partial charge on any atom is 0.354 e. The number of benzene rings is 1. The second kappa shape index (κ2) is 6.14. The number of halogens is 2. The van der Waals surface area contributed by atoms with Crippen LogP contribution in [0.4, 0.5) is 5.69 Å². The zero-order chi connectivity index (χ0) is 16.5. The number of anilines is 1. The number of carboxylic acids is 1. The van der Waals surface area contributed by atoms with Crippen LogP contribution in [0.2, 0.25) is 10.0 Å². The predicted molar refractivity (Wildman–Crippen MR) is 83.7 cm³/mol. The Labute approximate surface area is 137 Å². The molecule has 22 heavy (non-hydrogen) atoms. The molecule has 0 saturated heterocycles. The van der Waals surface area contributed by atoms with Gasteiger partial charge in [-0.2, -0.15) is 5.10 Å². The lowest BCUT2D eigenvalue weighted by atomic mass is 9.95. The molecule has 0 bridgehead atoms. The highest BCUT2D eigenvalue weighted by atomic mass is 35.5. The highest BCUT2D eigenvalue weighted by molar-refractivity contribution is 6.39. The van der Waals surface area contributed by atoms with Gasteiger partial charge in [-0.1, -0.05) is 23.2 Å². The molecular formula is C14H14Cl2N2O4. The van der Waals surface area contributed by atoms with Gasteiger partial charge < -0.3 is 9.84 Å². The average Bonchev–Trinajstić information content (AvgIpc) is 2.79. The van der Waals surface area contributed by atoms with Crippen molar-refractivity contribution in [3.63, 3.8) is 0 Å². The number of nitrogens with zero attached hydrogens (tertiary/aromatic N) is 2. The third-order valence-electron chi connectivity index (χ3n) is 3.31. The summed E-state index contributed by atoms with van der Waals surface area (Å²) < 4.78 is 4.89. The first kappa shape index (κ1) is 16.6. The Morgan fingerprint density at radius 2 is 2.14 bits per heavy atom. The third-order valence-corrected chi connectivity index (χ3v) is 3.85. The first-order valence-corrected chi connectivity index (χ1v) is 7.28. The zero-order valence-corrected chi connectivity index (χ0v) is 13.5. The van der Waals surface area contributed by atoms with Crippen LogP contribution in [0.5, 0.6) is 0 Å². The van der Waals surface area contributed by atoms with Crippen molar-refractivity contribution in [1.82, 2.24) is 0 Å². The number of carboxylic acid groups (broad SMARTS) is 1. The average molecular weight is 345 g/mol. The molecule has 1 aromatic carbocycles. The molecule has 0 aromatic heterocycles. The Morgan fingerprint density at radius 1 is 1.45 bits per heavy atom. The van der Waals surface area contributed by atoms with Crippen LogP contribution in [-0.4, -0.2) is 34.9 Å². The van der Waals surface area contributed by atoms with E-state index in [0.717, 1.165) is 0 Å². The van der Waals surface area contributed by atoms with Crippen molar-refractivity contribution >= 4 is 46.5 Å². The third kappa shape index (κ3) is 2.89. The van der Waals surface area contributed by atoms with Crippen molar-refractivity contribution in [3.8, 4) is 0 Å². The van der Waals surface area contributed by atoms with Gasteiger partial charge in [-0.15, -0.1) is 0 Å². The van der Waals surface area contributed by atoms with E-state index in [9.17, 15) is 14.7 Å². The van der Waals surface area contributed by atoms with E-state index in [1.54, 1.807) is 19.1 Å². The standard InChI is InChI=1S/C14H14Cl2N2O4/c1-3-22-12(19)10-7-14(2,13(20)21)18(17-10)11-5-4-8(15)6-9(11)16/h4-6H,3,7H2,1-2H3,(H,20,21). The molecule has 2 rings (SSSR count). The molecule has 6 nitrogen and oxygen atoms in total. The van der Waals surface area contributed by atoms with Gasteiger partial charge in [0.15, 0.2) is 5.54 Å². The molecule has 1 aromatic rings. The molecule has 1 heterocycles. The number of carbonyl (C=O) groups is 2. The molecule has 1 atom stereocenters. The molecule has 0 saturated carbocycles. The monoisotopic (exact) mass is 344 g/mol. The maximum atomic E-state index is 11.8. The van der Waals surface area contributed by atoms with Crippen LogP contribution < -0.4 is 5.01 Å². The summed E-state index contributed by atoms with van der Waals surface area (Å²) in [7, 11) is 0. The summed E-state index contributed by atoms with van der Waals surface area (Å²) in [5.41, 5.74) is -1.03. The highest BCUT2D eigenvalue weighted by Crippen LogP contribution is 2.38. The van der Waals surface area contributed by atoms with Gasteiger partial charge in [-0.25, -0.2) is 14.6 Å². The van der Waals surface area contributed by atoms with Gasteiger partial charge in [0.1, 0.15) is 5.71 Å². The summed E-state index contributed by atoms with van der Waals surface area (Å²) in [6.07, 6.45) is -0.0832. The summed E-state index contributed by atoms with van der Waals surface area (Å²) in [6.45, 7) is 3.32. The van der Waals surface area contributed by atoms with E-state index in [1.807, 2.05) is 0 Å². The van der Waals surface area contributed by atoms with Crippen LogP contribution >= 0.6 is 23.2 Å². The predicted octanol–water partition coefficient (Wildman–Crippen LogP) is 2.97. The van der Waals surface area contributed by atoms with E-state index in [4.69, 9.17) is 27.9 Å². The maximum absolute atomic E-state index is 11.8. The molecule has 1 aliphatic heterocycles. The van der Waals surface area contributed by atoms with Crippen molar-refractivity contribution in [2.45, 2.75) is 25.8 Å². The zero-order valence-electron chi connectivity index (χ0n) is 12.0. The van der Waals surface area contributed by atoms with Gasteiger partial charge >= 0.3 is 11.9 Å². The van der Waals surface area contributed by atoms with Gasteiger partial charge in [0, 0.05) is 11.4 Å². The second-order valence-electron chi connectivity index (χ2n) is 4.93. The van der Waals surface area contributed by atoms with Gasteiger partial charge in [0.2, 0.25) is 0 Å². The molecule has 8 heteroatoms. The molecule has 0 radical (unpaired) electrons. The molecule has 0 aliphatic carbocycles. The van der Waals surface area contributed by atoms with E-state index < -0.39 is 17.5 Å². The minimum absolute atomic E-state index is 0.0396. The fraction of sp³-hybridized carbons (Fsp3) is 0.357. The molecule has 1 aliphatic rings. The normalized spacial score (nSPS) is 20.7. The summed E-state index contributed by atoms with van der Waals surface area (Å²) in [5.74, 6) is -1.76. The van der Waals surface area contributed by atoms with Gasteiger partial charge in [-0.3, -0.25) is 0 Å².